The lowest BCUT2D eigenvalue weighted by molar-refractivity contribution is -0.0949. The lowest BCUT2D eigenvalue weighted by Gasteiger charge is -2.40. The Morgan fingerprint density at radius 3 is 2.68 bits per heavy atom. The molecule has 6 nitrogen and oxygen atoms in total. The van der Waals surface area contributed by atoms with Gasteiger partial charge in [-0.1, -0.05) is 12.8 Å². The van der Waals surface area contributed by atoms with Crippen molar-refractivity contribution in [3.8, 4) is 0 Å². The maximum Gasteiger partial charge on any atom is 0.337 e. The SMILES string of the molecule is Cc1nc(C(=O)N2CCOC3(CCCC3)C2)ccc1C(=O)O. The summed E-state index contributed by atoms with van der Waals surface area (Å²) in [5, 5.41) is 9.03. The van der Waals surface area contributed by atoms with E-state index in [1.165, 1.54) is 12.1 Å². The van der Waals surface area contributed by atoms with E-state index in [1.54, 1.807) is 11.8 Å². The highest BCUT2D eigenvalue weighted by molar-refractivity contribution is 5.94. The molecule has 1 aromatic heterocycles. The first kappa shape index (κ1) is 15.0. The van der Waals surface area contributed by atoms with Gasteiger partial charge in [-0.05, 0) is 31.9 Å². The lowest BCUT2D eigenvalue weighted by atomic mass is 9.99. The lowest BCUT2D eigenvalue weighted by Crippen LogP contribution is -2.52. The monoisotopic (exact) mass is 304 g/mol. The highest BCUT2D eigenvalue weighted by Crippen LogP contribution is 2.36. The molecule has 1 spiro atoms. The maximum absolute atomic E-state index is 12.6. The number of nitrogens with zero attached hydrogens (tertiary/aromatic N) is 2. The minimum atomic E-state index is -1.03. The molecular formula is C16H20N2O4. The number of carbonyl (C=O) groups excluding carboxylic acids is 1. The van der Waals surface area contributed by atoms with Crippen LogP contribution in [0.1, 0.15) is 52.2 Å². The average Bonchev–Trinajstić information content (AvgIpc) is 2.93. The molecule has 22 heavy (non-hydrogen) atoms. The molecule has 0 aromatic carbocycles. The van der Waals surface area contributed by atoms with E-state index in [-0.39, 0.29) is 17.1 Å². The van der Waals surface area contributed by atoms with Crippen LogP contribution in [-0.4, -0.2) is 52.2 Å². The van der Waals surface area contributed by atoms with Crippen LogP contribution in [0.3, 0.4) is 0 Å². The molecule has 0 bridgehead atoms. The zero-order valence-electron chi connectivity index (χ0n) is 12.7. The highest BCUT2D eigenvalue weighted by atomic mass is 16.5. The Kier molecular flexibility index (Phi) is 3.87. The Bertz CT molecular complexity index is 608. The number of hydrogen-bond acceptors (Lipinski definition) is 4. The molecule has 1 aliphatic carbocycles. The average molecular weight is 304 g/mol. The van der Waals surface area contributed by atoms with E-state index in [9.17, 15) is 9.59 Å². The van der Waals surface area contributed by atoms with Gasteiger partial charge in [0.15, 0.2) is 0 Å². The molecule has 2 heterocycles. The van der Waals surface area contributed by atoms with Crippen molar-refractivity contribution in [2.75, 3.05) is 19.7 Å². The van der Waals surface area contributed by atoms with Gasteiger partial charge in [0.25, 0.3) is 5.91 Å². The Morgan fingerprint density at radius 2 is 2.05 bits per heavy atom. The van der Waals surface area contributed by atoms with Crippen molar-refractivity contribution in [2.24, 2.45) is 0 Å². The summed E-state index contributed by atoms with van der Waals surface area (Å²) < 4.78 is 5.92. The van der Waals surface area contributed by atoms with Crippen molar-refractivity contribution in [3.63, 3.8) is 0 Å². The first-order valence-corrected chi connectivity index (χ1v) is 7.65. The van der Waals surface area contributed by atoms with Crippen LogP contribution in [-0.2, 0) is 4.74 Å². The molecule has 1 saturated heterocycles. The topological polar surface area (TPSA) is 79.7 Å². The molecule has 118 valence electrons. The normalized spacial score (nSPS) is 20.3. The summed E-state index contributed by atoms with van der Waals surface area (Å²) in [6.45, 7) is 3.32. The van der Waals surface area contributed by atoms with Crippen LogP contribution < -0.4 is 0 Å². The number of carbonyl (C=O) groups is 2. The summed E-state index contributed by atoms with van der Waals surface area (Å²) in [4.78, 5) is 29.6. The van der Waals surface area contributed by atoms with E-state index in [4.69, 9.17) is 9.84 Å². The Labute approximate surface area is 129 Å². The number of aromatic nitrogens is 1. The summed E-state index contributed by atoms with van der Waals surface area (Å²) in [7, 11) is 0. The quantitative estimate of drug-likeness (QED) is 0.902. The predicted octanol–water partition coefficient (Wildman–Crippen LogP) is 1.87. The minimum Gasteiger partial charge on any atom is -0.478 e. The molecule has 3 rings (SSSR count). The minimum absolute atomic E-state index is 0.130. The number of amides is 1. The zero-order chi connectivity index (χ0) is 15.7. The molecule has 0 atom stereocenters. The fourth-order valence-corrected chi connectivity index (χ4v) is 3.41. The summed E-state index contributed by atoms with van der Waals surface area (Å²) in [6, 6.07) is 2.94. The number of ether oxygens (including phenoxy) is 1. The van der Waals surface area contributed by atoms with Crippen molar-refractivity contribution < 1.29 is 19.4 Å². The van der Waals surface area contributed by atoms with Gasteiger partial charge in [0.2, 0.25) is 0 Å². The Morgan fingerprint density at radius 1 is 1.32 bits per heavy atom. The van der Waals surface area contributed by atoms with Gasteiger partial charge in [-0.3, -0.25) is 4.79 Å². The number of morpholine rings is 1. The highest BCUT2D eigenvalue weighted by Gasteiger charge is 2.40. The van der Waals surface area contributed by atoms with Crippen molar-refractivity contribution in [1.82, 2.24) is 9.88 Å². The van der Waals surface area contributed by atoms with E-state index >= 15 is 0 Å². The third kappa shape index (κ3) is 2.70. The molecule has 0 unspecified atom stereocenters. The smallest absolute Gasteiger partial charge is 0.337 e. The van der Waals surface area contributed by atoms with Crippen LogP contribution in [0.2, 0.25) is 0 Å². The predicted molar refractivity (Wildman–Crippen MR) is 79.0 cm³/mol. The fourth-order valence-electron chi connectivity index (χ4n) is 3.41. The number of carboxylic acids is 1. The first-order valence-electron chi connectivity index (χ1n) is 7.65. The van der Waals surface area contributed by atoms with Crippen molar-refractivity contribution >= 4 is 11.9 Å². The van der Waals surface area contributed by atoms with E-state index in [2.05, 4.69) is 4.98 Å². The Hall–Kier alpha value is -1.95. The number of aryl methyl sites for hydroxylation is 1. The second-order valence-electron chi connectivity index (χ2n) is 6.10. The van der Waals surface area contributed by atoms with Gasteiger partial charge in [-0.25, -0.2) is 9.78 Å². The summed E-state index contributed by atoms with van der Waals surface area (Å²) >= 11 is 0. The molecule has 1 N–H and O–H groups in total. The number of hydrogen-bond donors (Lipinski definition) is 1. The molecule has 1 aliphatic heterocycles. The molecule has 1 saturated carbocycles. The molecule has 2 fully saturated rings. The zero-order valence-corrected chi connectivity index (χ0v) is 12.7. The van der Waals surface area contributed by atoms with Gasteiger partial charge in [-0.2, -0.15) is 0 Å². The van der Waals surface area contributed by atoms with Crippen LogP contribution >= 0.6 is 0 Å². The van der Waals surface area contributed by atoms with Crippen molar-refractivity contribution in [3.05, 3.63) is 29.1 Å². The van der Waals surface area contributed by atoms with E-state index in [0.29, 0.717) is 31.1 Å². The number of aromatic carboxylic acids is 1. The first-order chi connectivity index (χ1) is 10.5. The summed E-state index contributed by atoms with van der Waals surface area (Å²) in [6.07, 6.45) is 4.29. The van der Waals surface area contributed by atoms with Gasteiger partial charge >= 0.3 is 5.97 Å². The third-order valence-electron chi connectivity index (χ3n) is 4.59. The van der Waals surface area contributed by atoms with Crippen LogP contribution in [0.25, 0.3) is 0 Å². The molecule has 1 amide bonds. The van der Waals surface area contributed by atoms with Gasteiger partial charge in [-0.15, -0.1) is 0 Å². The van der Waals surface area contributed by atoms with Gasteiger partial charge < -0.3 is 14.7 Å². The van der Waals surface area contributed by atoms with Crippen LogP contribution in [0.4, 0.5) is 0 Å². The second-order valence-corrected chi connectivity index (χ2v) is 6.10. The van der Waals surface area contributed by atoms with Crippen LogP contribution in [0.15, 0.2) is 12.1 Å². The molecule has 2 aliphatic rings. The van der Waals surface area contributed by atoms with E-state index in [1.807, 2.05) is 0 Å². The van der Waals surface area contributed by atoms with E-state index in [0.717, 1.165) is 25.7 Å². The van der Waals surface area contributed by atoms with Crippen LogP contribution in [0.5, 0.6) is 0 Å². The van der Waals surface area contributed by atoms with Gasteiger partial charge in [0.1, 0.15) is 5.69 Å². The fraction of sp³-hybridized carbons (Fsp3) is 0.562. The van der Waals surface area contributed by atoms with E-state index < -0.39 is 5.97 Å². The molecule has 0 radical (unpaired) electrons. The molecular weight excluding hydrogens is 284 g/mol. The molecule has 1 aromatic rings. The van der Waals surface area contributed by atoms with Crippen molar-refractivity contribution in [1.29, 1.82) is 0 Å². The third-order valence-corrected chi connectivity index (χ3v) is 4.59. The largest absolute Gasteiger partial charge is 0.478 e. The Balaban J connectivity index is 1.78. The van der Waals surface area contributed by atoms with Gasteiger partial charge in [0.05, 0.1) is 30.0 Å². The summed E-state index contributed by atoms with van der Waals surface area (Å²) in [5.74, 6) is -1.17. The second kappa shape index (κ2) is 5.68. The van der Waals surface area contributed by atoms with Crippen LogP contribution in [0, 0.1) is 6.92 Å². The van der Waals surface area contributed by atoms with Gasteiger partial charge in [0, 0.05) is 6.54 Å². The maximum atomic E-state index is 12.6. The number of rotatable bonds is 2. The molecule has 6 heteroatoms. The summed E-state index contributed by atoms with van der Waals surface area (Å²) in [5.41, 5.74) is 0.620. The number of carboxylic acid groups (broad SMARTS) is 1. The standard InChI is InChI=1S/C16H20N2O4/c1-11-12(15(20)21)4-5-13(17-11)14(19)18-8-9-22-16(10-18)6-2-3-7-16/h4-5H,2-3,6-10H2,1H3,(H,20,21). The van der Waals surface area contributed by atoms with Crippen molar-refractivity contribution in [2.45, 2.75) is 38.2 Å². The number of pyridine rings is 1.